The Morgan fingerprint density at radius 1 is 0.0993 bits per heavy atom. The molecule has 0 N–H and O–H groups in total. The summed E-state index contributed by atoms with van der Waals surface area (Å²) < 4.78 is 19.5. The van der Waals surface area contributed by atoms with E-state index in [1.807, 2.05) is 0 Å². The molecule has 27 aromatic carbocycles. The van der Waals surface area contributed by atoms with Crippen LogP contribution in [0.1, 0.15) is 0 Å². The van der Waals surface area contributed by atoms with Crippen molar-refractivity contribution in [3.8, 4) is 100 Å². The molecule has 3 heterocycles. The van der Waals surface area contributed by atoms with Gasteiger partial charge in [0.25, 0.3) is 0 Å². The molecule has 0 aliphatic carbocycles. The van der Waals surface area contributed by atoms with Crippen molar-refractivity contribution in [3.63, 3.8) is 0 Å². The third-order valence-electron chi connectivity index (χ3n) is 29.5. The van der Waals surface area contributed by atoms with E-state index < -0.39 is 0 Å². The lowest BCUT2D eigenvalue weighted by Gasteiger charge is -2.20. The molecule has 654 valence electrons. The number of hydrogen-bond acceptors (Lipinski definition) is 3. The second kappa shape index (κ2) is 33.2. The molecule has 3 nitrogen and oxygen atoms in total. The van der Waals surface area contributed by atoms with Crippen LogP contribution in [0.2, 0.25) is 0 Å². The summed E-state index contributed by atoms with van der Waals surface area (Å²) in [5, 5.41) is 36.4. The first-order valence-corrected chi connectivity index (χ1v) is 48.6. The Morgan fingerprint density at radius 3 is 0.667 bits per heavy atom. The van der Waals surface area contributed by atoms with Crippen LogP contribution in [0.5, 0.6) is 0 Å². The number of hydrogen-bond donors (Lipinski definition) is 0. The van der Waals surface area contributed by atoms with Crippen molar-refractivity contribution in [3.05, 3.63) is 510 Å². The Labute approximate surface area is 812 Å². The van der Waals surface area contributed by atoms with Gasteiger partial charge >= 0.3 is 0 Å². The summed E-state index contributed by atoms with van der Waals surface area (Å²) in [7, 11) is 0. The van der Waals surface area contributed by atoms with Crippen LogP contribution in [0.25, 0.3) is 295 Å². The van der Waals surface area contributed by atoms with Crippen molar-refractivity contribution < 1.29 is 13.3 Å². The lowest BCUT2D eigenvalue weighted by Crippen LogP contribution is -1.93. The van der Waals surface area contributed by atoms with Gasteiger partial charge in [-0.3, -0.25) is 0 Å². The molecule has 3 heteroatoms. The highest BCUT2D eigenvalue weighted by atomic mass is 16.3. The van der Waals surface area contributed by atoms with Crippen molar-refractivity contribution in [2.75, 3.05) is 0 Å². The van der Waals surface area contributed by atoms with Crippen LogP contribution in [0.15, 0.2) is 523 Å². The van der Waals surface area contributed by atoms with Crippen LogP contribution in [0.3, 0.4) is 0 Å². The zero-order valence-electron chi connectivity index (χ0n) is 76.7. The Bertz CT molecular complexity index is 10200. The highest BCUT2D eigenvalue weighted by molar-refractivity contribution is 6.28. The zero-order valence-corrected chi connectivity index (χ0v) is 76.7. The Morgan fingerprint density at radius 2 is 0.319 bits per heavy atom. The summed E-state index contributed by atoms with van der Waals surface area (Å²) >= 11 is 0. The molecule has 0 atom stereocenters. The Balaban J connectivity index is 0.000000104. The molecule has 141 heavy (non-hydrogen) atoms. The summed E-state index contributed by atoms with van der Waals surface area (Å²) in [6, 6.07) is 185. The number of rotatable bonds is 9. The highest BCUT2D eigenvalue weighted by Gasteiger charge is 2.26. The molecule has 0 aliphatic heterocycles. The third kappa shape index (κ3) is 13.3. The molecule has 30 aromatic rings. The quantitative estimate of drug-likeness (QED) is 0.135. The second-order valence-electron chi connectivity index (χ2n) is 37.2. The second-order valence-corrected chi connectivity index (χ2v) is 37.2. The molecule has 30 rings (SSSR count). The lowest BCUT2D eigenvalue weighted by molar-refractivity contribution is 0.672. The number of benzene rings is 27. The summed E-state index contributed by atoms with van der Waals surface area (Å²) in [4.78, 5) is 0. The predicted octanol–water partition coefficient (Wildman–Crippen LogP) is 39.6. The lowest BCUT2D eigenvalue weighted by atomic mass is 9.83. The smallest absolute Gasteiger partial charge is 0.143 e. The van der Waals surface area contributed by atoms with Crippen LogP contribution in [-0.2, 0) is 0 Å². The standard InChI is InChI=1S/3C46H28O/c1-3-16-34-29(11-1)13-10-22-35(34)31-14-9-15-32(27-31)44-37-18-5-7-20-39(37)45(40-21-8-6-19-38(40)44)33-24-26-43-42(28-33)41-25-23-30-12-2-4-17-36(30)46(41)47-43;1-3-13-34-29(10-1)12-9-19-35(34)31-20-22-32(23-21-31)44-37-15-5-7-17-39(37)45(40-18-8-6-16-38(40)44)33-25-27-43-42(28-33)41-26-24-30-11-2-4-14-36(30)46(41)47-43;1-3-15-32-29(12-1)14-11-23-34(32)35-17-5-6-18-36(35)45-39-21-9-7-19-37(39)44(38-20-8-10-22-40(38)45)31-25-27-43-42(28-31)41-26-24-30-13-2-4-16-33(30)46(41)47-43/h3*1-28H. The van der Waals surface area contributed by atoms with Gasteiger partial charge in [0.1, 0.15) is 33.5 Å². The van der Waals surface area contributed by atoms with E-state index in [1.54, 1.807) is 0 Å². The van der Waals surface area contributed by atoms with Crippen LogP contribution in [0, 0.1) is 0 Å². The summed E-state index contributed by atoms with van der Waals surface area (Å²) in [6.45, 7) is 0. The van der Waals surface area contributed by atoms with Crippen molar-refractivity contribution in [1.82, 2.24) is 0 Å². The summed E-state index contributed by atoms with van der Waals surface area (Å²) in [5.74, 6) is 0. The molecule has 0 saturated heterocycles. The van der Waals surface area contributed by atoms with Crippen LogP contribution in [-0.4, -0.2) is 0 Å². The molecule has 0 fully saturated rings. The molecule has 0 radical (unpaired) electrons. The van der Waals surface area contributed by atoms with Gasteiger partial charge < -0.3 is 13.3 Å². The van der Waals surface area contributed by atoms with Gasteiger partial charge in [-0.2, -0.15) is 0 Å². The molecule has 0 unspecified atom stereocenters. The Hall–Kier alpha value is -18.5. The van der Waals surface area contributed by atoms with Crippen LogP contribution >= 0.6 is 0 Å². The van der Waals surface area contributed by atoms with E-state index in [4.69, 9.17) is 13.3 Å². The average molecular weight is 1790 g/mol. The van der Waals surface area contributed by atoms with Gasteiger partial charge in [0.05, 0.1) is 0 Å². The molecule has 0 aliphatic rings. The molecule has 0 amide bonds. The normalized spacial score (nSPS) is 11.8. The zero-order chi connectivity index (χ0) is 92.7. The Kier molecular flexibility index (Phi) is 19.0. The van der Waals surface area contributed by atoms with E-state index in [9.17, 15) is 0 Å². The van der Waals surface area contributed by atoms with Crippen molar-refractivity contribution in [2.24, 2.45) is 0 Å². The van der Waals surface area contributed by atoms with E-state index in [0.717, 1.165) is 82.0 Å². The maximum absolute atomic E-state index is 6.49. The molecule has 0 bridgehead atoms. The van der Waals surface area contributed by atoms with E-state index in [2.05, 4.69) is 510 Å². The van der Waals surface area contributed by atoms with E-state index >= 15 is 0 Å². The van der Waals surface area contributed by atoms with Gasteiger partial charge in [-0.15, -0.1) is 0 Å². The minimum absolute atomic E-state index is 0.911. The fraction of sp³-hybridized carbons (Fsp3) is 0. The van der Waals surface area contributed by atoms with Crippen LogP contribution < -0.4 is 0 Å². The topological polar surface area (TPSA) is 39.4 Å². The third-order valence-corrected chi connectivity index (χ3v) is 29.5. The van der Waals surface area contributed by atoms with Gasteiger partial charge in [-0.1, -0.05) is 449 Å². The van der Waals surface area contributed by atoms with E-state index in [-0.39, 0.29) is 0 Å². The fourth-order valence-corrected chi connectivity index (χ4v) is 23.2. The summed E-state index contributed by atoms with van der Waals surface area (Å²) in [5.41, 5.74) is 27.9. The maximum atomic E-state index is 6.49. The average Bonchev–Trinajstić information content (AvgIpc) is 1.64. The molecule has 0 saturated carbocycles. The number of furan rings is 3. The van der Waals surface area contributed by atoms with Crippen LogP contribution in [0.4, 0.5) is 0 Å². The largest absolute Gasteiger partial charge is 0.455 e. The monoisotopic (exact) mass is 1790 g/mol. The fourth-order valence-electron chi connectivity index (χ4n) is 23.2. The van der Waals surface area contributed by atoms with Crippen molar-refractivity contribution >= 4 is 195 Å². The molecular formula is C138H84O3. The van der Waals surface area contributed by atoms with E-state index in [0.29, 0.717) is 0 Å². The van der Waals surface area contributed by atoms with Gasteiger partial charge in [-0.25, -0.2) is 0 Å². The van der Waals surface area contributed by atoms with Crippen molar-refractivity contribution in [1.29, 1.82) is 0 Å². The minimum atomic E-state index is 0.911. The maximum Gasteiger partial charge on any atom is 0.143 e. The first-order valence-electron chi connectivity index (χ1n) is 48.6. The van der Waals surface area contributed by atoms with Gasteiger partial charge in [0.15, 0.2) is 0 Å². The number of fused-ring (bicyclic) bond motifs is 24. The van der Waals surface area contributed by atoms with Gasteiger partial charge in [0, 0.05) is 48.5 Å². The SMILES string of the molecule is c1cc(-c2cccc3ccccc23)cc(-c2c3ccccc3c(-c3ccc4oc5c6ccccc6ccc5c4c3)c3ccccc23)c1.c1ccc(-c2c3ccccc3c(-c3ccc4oc5c6ccccc6ccc5c4c3)c3ccccc23)c(-c2cccc3ccccc23)c1.c1ccc2c(-c3ccc(-c4c5ccccc5c(-c5ccc6oc7c8ccccc8ccc7c6c5)c5ccccc45)cc3)cccc2c1. The first kappa shape index (κ1) is 80.9. The first-order chi connectivity index (χ1) is 70.0. The highest BCUT2D eigenvalue weighted by Crippen LogP contribution is 2.53. The summed E-state index contributed by atoms with van der Waals surface area (Å²) in [6.07, 6.45) is 0. The predicted molar refractivity (Wildman–Crippen MR) is 600 cm³/mol. The minimum Gasteiger partial charge on any atom is -0.455 e. The molecule has 3 aromatic heterocycles. The molecule has 0 spiro atoms. The molecular weight excluding hydrogens is 1710 g/mol. The van der Waals surface area contributed by atoms with E-state index in [1.165, 1.54) is 213 Å². The van der Waals surface area contributed by atoms with Gasteiger partial charge in [-0.05, 0) is 274 Å². The van der Waals surface area contributed by atoms with Crippen molar-refractivity contribution in [2.45, 2.75) is 0 Å². The van der Waals surface area contributed by atoms with Gasteiger partial charge in [0.2, 0.25) is 0 Å².